The highest BCUT2D eigenvalue weighted by Gasteiger charge is 2.26. The Morgan fingerprint density at radius 3 is 2.78 bits per heavy atom. The van der Waals surface area contributed by atoms with Crippen LogP contribution in [0.5, 0.6) is 5.75 Å². The Labute approximate surface area is 111 Å². The van der Waals surface area contributed by atoms with Gasteiger partial charge in [0.15, 0.2) is 0 Å². The second kappa shape index (κ2) is 5.31. The van der Waals surface area contributed by atoms with Gasteiger partial charge in [-0.25, -0.2) is 0 Å². The van der Waals surface area contributed by atoms with Gasteiger partial charge in [0.05, 0.1) is 6.61 Å². The average Bonchev–Trinajstić information content (AvgIpc) is 2.75. The molecule has 100 valence electrons. The quantitative estimate of drug-likeness (QED) is 0.875. The minimum atomic E-state index is 0.225. The van der Waals surface area contributed by atoms with Crippen molar-refractivity contribution in [2.45, 2.75) is 46.6 Å². The van der Waals surface area contributed by atoms with E-state index in [4.69, 9.17) is 4.74 Å². The Morgan fingerprint density at radius 2 is 2.11 bits per heavy atom. The molecule has 1 atom stereocenters. The lowest BCUT2D eigenvalue weighted by molar-refractivity contribution is 0.273. The average molecular weight is 247 g/mol. The van der Waals surface area contributed by atoms with Crippen LogP contribution in [0.15, 0.2) is 18.2 Å². The molecule has 1 aliphatic rings. The van der Waals surface area contributed by atoms with E-state index in [0.29, 0.717) is 6.04 Å². The molecule has 0 aromatic heterocycles. The minimum absolute atomic E-state index is 0.225. The molecule has 0 amide bonds. The number of fused-ring (bicyclic) bond motifs is 1. The van der Waals surface area contributed by atoms with Crippen LogP contribution < -0.4 is 10.1 Å². The fraction of sp³-hybridized carbons (Fsp3) is 0.625. The first-order valence-electron chi connectivity index (χ1n) is 7.01. The molecule has 1 heterocycles. The monoisotopic (exact) mass is 247 g/mol. The van der Waals surface area contributed by atoms with E-state index in [9.17, 15) is 0 Å². The zero-order chi connectivity index (χ0) is 13.2. The number of hydrogen-bond acceptors (Lipinski definition) is 2. The van der Waals surface area contributed by atoms with Gasteiger partial charge in [0.1, 0.15) is 5.75 Å². The standard InChI is InChI=1S/C16H25NO/c1-5-9-17-15(16(2,3)4)13-6-7-14-12(11-13)8-10-18-14/h6-7,11,15,17H,5,8-10H2,1-4H3. The van der Waals surface area contributed by atoms with Crippen molar-refractivity contribution in [1.82, 2.24) is 5.32 Å². The van der Waals surface area contributed by atoms with Crippen LogP contribution >= 0.6 is 0 Å². The van der Waals surface area contributed by atoms with Gasteiger partial charge in [-0.15, -0.1) is 0 Å². The Kier molecular flexibility index (Phi) is 3.96. The molecule has 2 heteroatoms. The van der Waals surface area contributed by atoms with E-state index in [2.05, 4.69) is 51.2 Å². The summed E-state index contributed by atoms with van der Waals surface area (Å²) in [5, 5.41) is 3.68. The SMILES string of the molecule is CCCNC(c1ccc2c(c1)CCO2)C(C)(C)C. The van der Waals surface area contributed by atoms with Crippen molar-refractivity contribution in [3.63, 3.8) is 0 Å². The zero-order valence-corrected chi connectivity index (χ0v) is 12.0. The number of benzene rings is 1. The Bertz CT molecular complexity index is 406. The second-order valence-corrected chi connectivity index (χ2v) is 6.22. The summed E-state index contributed by atoms with van der Waals surface area (Å²) in [6, 6.07) is 7.07. The van der Waals surface area contributed by atoms with Crippen molar-refractivity contribution >= 4 is 0 Å². The molecule has 1 aromatic carbocycles. The number of hydrogen-bond donors (Lipinski definition) is 1. The maximum atomic E-state index is 5.58. The van der Waals surface area contributed by atoms with Crippen LogP contribution in [-0.4, -0.2) is 13.2 Å². The Balaban J connectivity index is 2.25. The summed E-state index contributed by atoms with van der Waals surface area (Å²) in [5.41, 5.74) is 2.98. The van der Waals surface area contributed by atoms with Crippen LogP contribution in [0, 0.1) is 5.41 Å². The summed E-state index contributed by atoms with van der Waals surface area (Å²) >= 11 is 0. The molecule has 0 fully saturated rings. The molecule has 1 aromatic rings. The molecule has 0 radical (unpaired) electrons. The summed E-state index contributed by atoms with van der Waals surface area (Å²) in [7, 11) is 0. The molecule has 0 bridgehead atoms. The summed E-state index contributed by atoms with van der Waals surface area (Å²) in [6.45, 7) is 11.0. The van der Waals surface area contributed by atoms with Crippen molar-refractivity contribution in [2.24, 2.45) is 5.41 Å². The van der Waals surface area contributed by atoms with E-state index in [0.717, 1.165) is 25.3 Å². The highest BCUT2D eigenvalue weighted by Crippen LogP contribution is 2.36. The van der Waals surface area contributed by atoms with E-state index in [1.165, 1.54) is 17.5 Å². The first-order chi connectivity index (χ1) is 8.52. The molecule has 18 heavy (non-hydrogen) atoms. The van der Waals surface area contributed by atoms with Crippen LogP contribution in [-0.2, 0) is 6.42 Å². The molecule has 1 unspecified atom stereocenters. The number of nitrogens with one attached hydrogen (secondary N) is 1. The van der Waals surface area contributed by atoms with E-state index in [1.54, 1.807) is 0 Å². The fourth-order valence-corrected chi connectivity index (χ4v) is 2.60. The Morgan fingerprint density at radius 1 is 1.33 bits per heavy atom. The van der Waals surface area contributed by atoms with Gasteiger partial charge in [0, 0.05) is 12.5 Å². The first kappa shape index (κ1) is 13.4. The molecule has 0 aliphatic carbocycles. The smallest absolute Gasteiger partial charge is 0.122 e. The number of ether oxygens (including phenoxy) is 1. The second-order valence-electron chi connectivity index (χ2n) is 6.22. The van der Waals surface area contributed by atoms with Crippen LogP contribution in [0.4, 0.5) is 0 Å². The molecular formula is C16H25NO. The summed E-state index contributed by atoms with van der Waals surface area (Å²) in [4.78, 5) is 0. The van der Waals surface area contributed by atoms with E-state index in [-0.39, 0.29) is 5.41 Å². The fourth-order valence-electron chi connectivity index (χ4n) is 2.60. The topological polar surface area (TPSA) is 21.3 Å². The van der Waals surface area contributed by atoms with Crippen LogP contribution in [0.2, 0.25) is 0 Å². The highest BCUT2D eigenvalue weighted by atomic mass is 16.5. The molecule has 1 aliphatic heterocycles. The molecular weight excluding hydrogens is 222 g/mol. The van der Waals surface area contributed by atoms with Crippen molar-refractivity contribution in [1.29, 1.82) is 0 Å². The molecule has 0 spiro atoms. The lowest BCUT2D eigenvalue weighted by Crippen LogP contribution is -2.32. The predicted octanol–water partition coefficient (Wildman–Crippen LogP) is 3.71. The first-order valence-corrected chi connectivity index (χ1v) is 7.01. The Hall–Kier alpha value is -1.02. The van der Waals surface area contributed by atoms with E-state index >= 15 is 0 Å². The minimum Gasteiger partial charge on any atom is -0.493 e. The van der Waals surface area contributed by atoms with Gasteiger partial charge in [-0.1, -0.05) is 39.8 Å². The van der Waals surface area contributed by atoms with Crippen molar-refractivity contribution < 1.29 is 4.74 Å². The molecule has 0 saturated heterocycles. The van der Waals surface area contributed by atoms with Crippen LogP contribution in [0.1, 0.15) is 51.3 Å². The summed E-state index contributed by atoms with van der Waals surface area (Å²) in [5.74, 6) is 1.07. The number of rotatable bonds is 4. The normalized spacial score (nSPS) is 16.2. The van der Waals surface area contributed by atoms with Crippen molar-refractivity contribution in [3.8, 4) is 5.75 Å². The molecule has 2 nitrogen and oxygen atoms in total. The van der Waals surface area contributed by atoms with E-state index in [1.807, 2.05) is 0 Å². The largest absolute Gasteiger partial charge is 0.493 e. The van der Waals surface area contributed by atoms with Gasteiger partial charge in [-0.2, -0.15) is 0 Å². The van der Waals surface area contributed by atoms with Gasteiger partial charge >= 0.3 is 0 Å². The highest BCUT2D eigenvalue weighted by molar-refractivity contribution is 5.41. The van der Waals surface area contributed by atoms with Gasteiger partial charge < -0.3 is 10.1 Å². The van der Waals surface area contributed by atoms with Crippen molar-refractivity contribution in [3.05, 3.63) is 29.3 Å². The summed E-state index contributed by atoms with van der Waals surface area (Å²) < 4.78 is 5.58. The zero-order valence-electron chi connectivity index (χ0n) is 12.0. The van der Waals surface area contributed by atoms with Crippen LogP contribution in [0.25, 0.3) is 0 Å². The third-order valence-corrected chi connectivity index (χ3v) is 3.51. The maximum Gasteiger partial charge on any atom is 0.122 e. The predicted molar refractivity (Wildman–Crippen MR) is 76.1 cm³/mol. The van der Waals surface area contributed by atoms with Gasteiger partial charge in [0.25, 0.3) is 0 Å². The third-order valence-electron chi connectivity index (χ3n) is 3.51. The summed E-state index contributed by atoms with van der Waals surface area (Å²) in [6.07, 6.45) is 2.22. The lowest BCUT2D eigenvalue weighted by atomic mass is 9.81. The maximum absolute atomic E-state index is 5.58. The van der Waals surface area contributed by atoms with Gasteiger partial charge in [-0.05, 0) is 35.6 Å². The lowest BCUT2D eigenvalue weighted by Gasteiger charge is -2.32. The van der Waals surface area contributed by atoms with Crippen LogP contribution in [0.3, 0.4) is 0 Å². The molecule has 1 N–H and O–H groups in total. The van der Waals surface area contributed by atoms with Gasteiger partial charge in [0.2, 0.25) is 0 Å². The molecule has 2 rings (SSSR count). The molecule has 0 saturated carbocycles. The third kappa shape index (κ3) is 2.86. The van der Waals surface area contributed by atoms with Gasteiger partial charge in [-0.3, -0.25) is 0 Å². The van der Waals surface area contributed by atoms with Crippen molar-refractivity contribution in [2.75, 3.05) is 13.2 Å². The van der Waals surface area contributed by atoms with E-state index < -0.39 is 0 Å².